The van der Waals surface area contributed by atoms with Gasteiger partial charge < -0.3 is 5.32 Å². The molecule has 1 aromatic heterocycles. The van der Waals surface area contributed by atoms with Crippen LogP contribution in [0, 0.1) is 5.82 Å². The highest BCUT2D eigenvalue weighted by molar-refractivity contribution is 6.04. The van der Waals surface area contributed by atoms with Crippen molar-refractivity contribution in [1.82, 2.24) is 20.2 Å². The van der Waals surface area contributed by atoms with E-state index in [9.17, 15) is 9.18 Å². The second-order valence-electron chi connectivity index (χ2n) is 5.72. The van der Waals surface area contributed by atoms with Crippen molar-refractivity contribution < 1.29 is 9.18 Å². The van der Waals surface area contributed by atoms with Gasteiger partial charge in [0.25, 0.3) is 5.91 Å². The van der Waals surface area contributed by atoms with Crippen molar-refractivity contribution in [3.63, 3.8) is 0 Å². The summed E-state index contributed by atoms with van der Waals surface area (Å²) in [6, 6.07) is 13.1. The monoisotopic (exact) mass is 323 g/mol. The molecule has 1 heterocycles. The van der Waals surface area contributed by atoms with Gasteiger partial charge in [0.2, 0.25) is 0 Å². The predicted molar refractivity (Wildman–Crippen MR) is 85.9 cm³/mol. The lowest BCUT2D eigenvalue weighted by Gasteiger charge is -2.08. The second-order valence-corrected chi connectivity index (χ2v) is 5.72. The number of anilines is 1. The van der Waals surface area contributed by atoms with Crippen LogP contribution in [0.25, 0.3) is 11.4 Å². The summed E-state index contributed by atoms with van der Waals surface area (Å²) >= 11 is 0. The third kappa shape index (κ3) is 2.88. The third-order valence-electron chi connectivity index (χ3n) is 3.87. The molecule has 1 aliphatic carbocycles. The Morgan fingerprint density at radius 1 is 1.17 bits per heavy atom. The number of aromatic nitrogens is 4. The average Bonchev–Trinajstić information content (AvgIpc) is 3.32. The molecule has 6 nitrogen and oxygen atoms in total. The van der Waals surface area contributed by atoms with Gasteiger partial charge in [-0.3, -0.25) is 4.79 Å². The average molecular weight is 323 g/mol. The van der Waals surface area contributed by atoms with Crippen LogP contribution in [0.5, 0.6) is 0 Å². The van der Waals surface area contributed by atoms with Gasteiger partial charge in [-0.15, -0.1) is 5.10 Å². The van der Waals surface area contributed by atoms with Crippen molar-refractivity contribution in [2.45, 2.75) is 18.9 Å². The number of halogens is 1. The van der Waals surface area contributed by atoms with Crippen molar-refractivity contribution in [3.8, 4) is 11.4 Å². The number of hydrogen-bond acceptors (Lipinski definition) is 4. The summed E-state index contributed by atoms with van der Waals surface area (Å²) in [6.45, 7) is 0. The van der Waals surface area contributed by atoms with Crippen LogP contribution >= 0.6 is 0 Å². The fraction of sp³-hybridized carbons (Fsp3) is 0.176. The first-order valence-electron chi connectivity index (χ1n) is 7.66. The fourth-order valence-corrected chi connectivity index (χ4v) is 2.49. The quantitative estimate of drug-likeness (QED) is 0.801. The fourth-order valence-electron chi connectivity index (χ4n) is 2.49. The Balaban J connectivity index is 1.57. The van der Waals surface area contributed by atoms with Crippen molar-refractivity contribution in [2.75, 3.05) is 5.32 Å². The Hall–Kier alpha value is -3.09. The Labute approximate surface area is 137 Å². The maximum Gasteiger partial charge on any atom is 0.255 e. The summed E-state index contributed by atoms with van der Waals surface area (Å²) in [7, 11) is 0. The molecule has 0 unspecified atom stereocenters. The first-order valence-corrected chi connectivity index (χ1v) is 7.66. The SMILES string of the molecule is O=C(Nc1cccc(-c2nnnn2C2CC2)c1)c1ccc(F)cc1. The molecule has 0 aliphatic heterocycles. The van der Waals surface area contributed by atoms with E-state index in [2.05, 4.69) is 20.8 Å². The number of amides is 1. The van der Waals surface area contributed by atoms with E-state index in [1.165, 1.54) is 24.3 Å². The van der Waals surface area contributed by atoms with Gasteiger partial charge in [0, 0.05) is 16.8 Å². The van der Waals surface area contributed by atoms with Crippen LogP contribution in [0.2, 0.25) is 0 Å². The first kappa shape index (κ1) is 14.5. The van der Waals surface area contributed by atoms with Gasteiger partial charge >= 0.3 is 0 Å². The molecule has 120 valence electrons. The number of nitrogens with zero attached hydrogens (tertiary/aromatic N) is 4. The van der Waals surface area contributed by atoms with E-state index in [-0.39, 0.29) is 11.7 Å². The van der Waals surface area contributed by atoms with E-state index in [1.807, 2.05) is 22.9 Å². The van der Waals surface area contributed by atoms with Crippen LogP contribution in [0.4, 0.5) is 10.1 Å². The van der Waals surface area contributed by atoms with Crippen LogP contribution in [0.15, 0.2) is 48.5 Å². The van der Waals surface area contributed by atoms with Crippen LogP contribution in [0.1, 0.15) is 29.2 Å². The number of rotatable bonds is 4. The highest BCUT2D eigenvalue weighted by atomic mass is 19.1. The predicted octanol–water partition coefficient (Wildman–Crippen LogP) is 3.07. The number of nitrogens with one attached hydrogen (secondary N) is 1. The molecule has 1 saturated carbocycles. The summed E-state index contributed by atoms with van der Waals surface area (Å²) in [5, 5.41) is 14.7. The number of carbonyl (C=O) groups is 1. The van der Waals surface area contributed by atoms with E-state index in [0.29, 0.717) is 23.1 Å². The molecule has 0 radical (unpaired) electrons. The van der Waals surface area contributed by atoms with Gasteiger partial charge in [-0.05, 0) is 59.7 Å². The minimum atomic E-state index is -0.375. The zero-order chi connectivity index (χ0) is 16.5. The molecule has 0 spiro atoms. The largest absolute Gasteiger partial charge is 0.322 e. The van der Waals surface area contributed by atoms with E-state index in [1.54, 1.807) is 6.07 Å². The normalized spacial score (nSPS) is 13.7. The molecule has 1 N–H and O–H groups in total. The number of benzene rings is 2. The van der Waals surface area contributed by atoms with E-state index in [4.69, 9.17) is 0 Å². The molecule has 0 saturated heterocycles. The van der Waals surface area contributed by atoms with Gasteiger partial charge in [-0.1, -0.05) is 12.1 Å². The van der Waals surface area contributed by atoms with Gasteiger partial charge in [-0.2, -0.15) is 0 Å². The Bertz CT molecular complexity index is 886. The third-order valence-corrected chi connectivity index (χ3v) is 3.87. The maximum absolute atomic E-state index is 12.9. The van der Waals surface area contributed by atoms with Crippen LogP contribution in [-0.2, 0) is 0 Å². The summed E-state index contributed by atoms with van der Waals surface area (Å²) in [6.07, 6.45) is 2.16. The molecular formula is C17H14FN5O. The number of hydrogen-bond donors (Lipinski definition) is 1. The molecular weight excluding hydrogens is 309 g/mol. The molecule has 1 aliphatic rings. The van der Waals surface area contributed by atoms with Crippen LogP contribution in [-0.4, -0.2) is 26.1 Å². The van der Waals surface area contributed by atoms with E-state index < -0.39 is 0 Å². The Morgan fingerprint density at radius 2 is 1.96 bits per heavy atom. The van der Waals surface area contributed by atoms with Gasteiger partial charge in [0.15, 0.2) is 5.82 Å². The topological polar surface area (TPSA) is 72.7 Å². The van der Waals surface area contributed by atoms with Crippen molar-refractivity contribution in [1.29, 1.82) is 0 Å². The lowest BCUT2D eigenvalue weighted by atomic mass is 10.1. The van der Waals surface area contributed by atoms with Crippen molar-refractivity contribution in [3.05, 3.63) is 59.9 Å². The molecule has 0 bridgehead atoms. The molecule has 24 heavy (non-hydrogen) atoms. The minimum Gasteiger partial charge on any atom is -0.322 e. The zero-order valence-electron chi connectivity index (χ0n) is 12.7. The molecule has 7 heteroatoms. The summed E-state index contributed by atoms with van der Waals surface area (Å²) < 4.78 is 14.8. The zero-order valence-corrected chi connectivity index (χ0v) is 12.7. The minimum absolute atomic E-state index is 0.297. The lowest BCUT2D eigenvalue weighted by Crippen LogP contribution is -2.11. The highest BCUT2D eigenvalue weighted by Gasteiger charge is 2.28. The van der Waals surface area contributed by atoms with E-state index in [0.717, 1.165) is 18.4 Å². The standard InChI is InChI=1S/C17H14FN5O/c18-13-6-4-11(5-7-13)17(24)19-14-3-1-2-12(10-14)16-20-21-22-23(16)15-8-9-15/h1-7,10,15H,8-9H2,(H,19,24). The van der Waals surface area contributed by atoms with Crippen molar-refractivity contribution in [2.24, 2.45) is 0 Å². The smallest absolute Gasteiger partial charge is 0.255 e. The number of carbonyl (C=O) groups excluding carboxylic acids is 1. The van der Waals surface area contributed by atoms with Crippen LogP contribution < -0.4 is 5.32 Å². The van der Waals surface area contributed by atoms with Gasteiger partial charge in [0.05, 0.1) is 6.04 Å². The Morgan fingerprint density at radius 3 is 2.71 bits per heavy atom. The number of tetrazole rings is 1. The Kier molecular flexibility index (Phi) is 3.53. The lowest BCUT2D eigenvalue weighted by molar-refractivity contribution is 0.102. The molecule has 4 rings (SSSR count). The van der Waals surface area contributed by atoms with Gasteiger partial charge in [0.1, 0.15) is 5.82 Å². The molecule has 1 fully saturated rings. The molecule has 3 aromatic rings. The maximum atomic E-state index is 12.9. The second kappa shape index (κ2) is 5.84. The van der Waals surface area contributed by atoms with Crippen molar-refractivity contribution >= 4 is 11.6 Å². The van der Waals surface area contributed by atoms with E-state index >= 15 is 0 Å². The van der Waals surface area contributed by atoms with Crippen LogP contribution in [0.3, 0.4) is 0 Å². The summed E-state index contributed by atoms with van der Waals surface area (Å²) in [5.41, 5.74) is 1.86. The van der Waals surface area contributed by atoms with Gasteiger partial charge in [-0.25, -0.2) is 9.07 Å². The molecule has 1 amide bonds. The highest BCUT2D eigenvalue weighted by Crippen LogP contribution is 2.36. The summed E-state index contributed by atoms with van der Waals surface area (Å²) in [4.78, 5) is 12.2. The first-order chi connectivity index (χ1) is 11.7. The molecule has 0 atom stereocenters. The summed E-state index contributed by atoms with van der Waals surface area (Å²) in [5.74, 6) is 0.0183. The molecule has 2 aromatic carbocycles.